The van der Waals surface area contributed by atoms with Crippen molar-refractivity contribution in [2.45, 2.75) is 13.5 Å². The molecule has 4 N–H and O–H groups in total. The van der Waals surface area contributed by atoms with E-state index < -0.39 is 0 Å². The summed E-state index contributed by atoms with van der Waals surface area (Å²) in [7, 11) is 0. The van der Waals surface area contributed by atoms with Crippen molar-refractivity contribution in [1.82, 2.24) is 24.7 Å². The smallest absolute Gasteiger partial charge is 0.227 e. The van der Waals surface area contributed by atoms with Gasteiger partial charge in [-0.25, -0.2) is 19.0 Å². The van der Waals surface area contributed by atoms with Crippen LogP contribution in [0.15, 0.2) is 66.7 Å². The first-order chi connectivity index (χ1) is 16.0. The van der Waals surface area contributed by atoms with Crippen molar-refractivity contribution in [3.8, 4) is 23.0 Å². The van der Waals surface area contributed by atoms with Crippen molar-refractivity contribution >= 4 is 22.7 Å². The van der Waals surface area contributed by atoms with Crippen LogP contribution in [-0.2, 0) is 6.61 Å². The highest BCUT2D eigenvalue weighted by Crippen LogP contribution is 2.33. The van der Waals surface area contributed by atoms with E-state index in [9.17, 15) is 4.39 Å². The van der Waals surface area contributed by atoms with Gasteiger partial charge in [-0.1, -0.05) is 30.3 Å². The summed E-state index contributed by atoms with van der Waals surface area (Å²) in [5.74, 6) is 0.735. The molecule has 3 heterocycles. The zero-order valence-electron chi connectivity index (χ0n) is 17.7. The molecule has 9 heteroatoms. The monoisotopic (exact) mass is 441 g/mol. The van der Waals surface area contributed by atoms with Crippen molar-refractivity contribution in [2.75, 3.05) is 11.5 Å². The molecule has 0 fully saturated rings. The zero-order valence-corrected chi connectivity index (χ0v) is 17.7. The molecule has 0 unspecified atom stereocenters. The number of aromatic nitrogens is 5. The quantitative estimate of drug-likeness (QED) is 0.422. The maximum atomic E-state index is 13.3. The van der Waals surface area contributed by atoms with Crippen molar-refractivity contribution < 1.29 is 9.13 Å². The Bertz CT molecular complexity index is 1430. The summed E-state index contributed by atoms with van der Waals surface area (Å²) >= 11 is 0. The molecule has 164 valence electrons. The SMILES string of the molecule is Cc1nn(-c2ccccc2)c2nc(OCc3ccc(F)cc3)c(-c3nc(N)cc(N)n3)cc12. The van der Waals surface area contributed by atoms with Crippen LogP contribution < -0.4 is 16.2 Å². The van der Waals surface area contributed by atoms with Crippen molar-refractivity contribution in [2.24, 2.45) is 0 Å². The predicted octanol–water partition coefficient (Wildman–Crippen LogP) is 4.07. The second-order valence-corrected chi connectivity index (χ2v) is 7.50. The van der Waals surface area contributed by atoms with Gasteiger partial charge in [-0.15, -0.1) is 0 Å². The molecule has 5 rings (SSSR count). The number of nitrogen functional groups attached to an aromatic ring is 2. The molecule has 0 spiro atoms. The number of fused-ring (bicyclic) bond motifs is 1. The topological polar surface area (TPSA) is 118 Å². The molecule has 3 aromatic heterocycles. The lowest BCUT2D eigenvalue weighted by Gasteiger charge is -2.12. The van der Waals surface area contributed by atoms with Crippen LogP contribution in [0.3, 0.4) is 0 Å². The summed E-state index contributed by atoms with van der Waals surface area (Å²) in [6.45, 7) is 2.07. The van der Waals surface area contributed by atoms with Crippen LogP contribution in [0.25, 0.3) is 28.1 Å². The molecule has 0 aliphatic rings. The molecule has 33 heavy (non-hydrogen) atoms. The summed E-state index contributed by atoms with van der Waals surface area (Å²) in [5.41, 5.74) is 15.4. The maximum absolute atomic E-state index is 13.3. The highest BCUT2D eigenvalue weighted by atomic mass is 19.1. The molecule has 0 saturated heterocycles. The van der Waals surface area contributed by atoms with Gasteiger partial charge in [0, 0.05) is 11.5 Å². The minimum atomic E-state index is -0.315. The van der Waals surface area contributed by atoms with Gasteiger partial charge in [0.1, 0.15) is 24.1 Å². The number of nitrogens with two attached hydrogens (primary N) is 2. The van der Waals surface area contributed by atoms with Crippen molar-refractivity contribution in [3.05, 3.63) is 83.8 Å². The highest BCUT2D eigenvalue weighted by molar-refractivity contribution is 5.86. The number of hydrogen-bond acceptors (Lipinski definition) is 7. The summed E-state index contributed by atoms with van der Waals surface area (Å²) in [5, 5.41) is 5.48. The molecule has 8 nitrogen and oxygen atoms in total. The van der Waals surface area contributed by atoms with E-state index in [1.807, 2.05) is 43.3 Å². The number of aryl methyl sites for hydroxylation is 1. The second kappa shape index (κ2) is 8.19. The van der Waals surface area contributed by atoms with Crippen LogP contribution >= 0.6 is 0 Å². The van der Waals surface area contributed by atoms with Gasteiger partial charge in [0.05, 0.1) is 16.9 Å². The van der Waals surface area contributed by atoms with E-state index >= 15 is 0 Å². The first kappa shape index (κ1) is 20.4. The Morgan fingerprint density at radius 1 is 0.909 bits per heavy atom. The van der Waals surface area contributed by atoms with E-state index in [2.05, 4.69) is 15.1 Å². The Morgan fingerprint density at radius 2 is 1.61 bits per heavy atom. The van der Waals surface area contributed by atoms with E-state index in [1.165, 1.54) is 18.2 Å². The minimum Gasteiger partial charge on any atom is -0.472 e. The summed E-state index contributed by atoms with van der Waals surface area (Å²) < 4.78 is 21.1. The Labute approximate surface area is 188 Å². The van der Waals surface area contributed by atoms with E-state index in [-0.39, 0.29) is 29.9 Å². The second-order valence-electron chi connectivity index (χ2n) is 7.50. The number of halogens is 1. The lowest BCUT2D eigenvalue weighted by Crippen LogP contribution is -2.05. The summed E-state index contributed by atoms with van der Waals surface area (Å²) in [4.78, 5) is 13.4. The van der Waals surface area contributed by atoms with E-state index in [0.29, 0.717) is 17.0 Å². The molecule has 0 aliphatic heterocycles. The molecule has 0 atom stereocenters. The third-order valence-electron chi connectivity index (χ3n) is 5.10. The zero-order chi connectivity index (χ0) is 22.9. The fourth-order valence-electron chi connectivity index (χ4n) is 3.52. The Balaban J connectivity index is 1.67. The lowest BCUT2D eigenvalue weighted by atomic mass is 10.1. The number of pyridine rings is 1. The van der Waals surface area contributed by atoms with Gasteiger partial charge in [-0.2, -0.15) is 10.1 Å². The van der Waals surface area contributed by atoms with Gasteiger partial charge in [0.15, 0.2) is 11.5 Å². The number of nitrogens with zero attached hydrogens (tertiary/aromatic N) is 5. The number of para-hydroxylation sites is 1. The largest absolute Gasteiger partial charge is 0.472 e. The standard InChI is InChI=1S/C24H20FN7O/c1-14-18-11-19(22-28-20(26)12-21(27)29-22)24(33-13-15-7-9-16(25)10-8-15)30-23(18)32(31-14)17-5-3-2-4-6-17/h2-12H,13H2,1H3,(H4,26,27,28,29). The van der Waals surface area contributed by atoms with Crippen LogP contribution in [0.5, 0.6) is 5.88 Å². The van der Waals surface area contributed by atoms with E-state index in [1.54, 1.807) is 16.8 Å². The van der Waals surface area contributed by atoms with E-state index in [4.69, 9.17) is 21.2 Å². The van der Waals surface area contributed by atoms with Crippen molar-refractivity contribution in [3.63, 3.8) is 0 Å². The van der Waals surface area contributed by atoms with Gasteiger partial charge in [-0.3, -0.25) is 0 Å². The summed E-state index contributed by atoms with van der Waals surface area (Å²) in [6, 6.07) is 19.1. The van der Waals surface area contributed by atoms with Gasteiger partial charge in [-0.05, 0) is 42.8 Å². The van der Waals surface area contributed by atoms with E-state index in [0.717, 1.165) is 22.3 Å². The predicted molar refractivity (Wildman–Crippen MR) is 124 cm³/mol. The molecule has 0 saturated carbocycles. The number of rotatable bonds is 5. The lowest BCUT2D eigenvalue weighted by molar-refractivity contribution is 0.296. The van der Waals surface area contributed by atoms with Crippen LogP contribution in [0.2, 0.25) is 0 Å². The van der Waals surface area contributed by atoms with Crippen molar-refractivity contribution in [1.29, 1.82) is 0 Å². The average Bonchev–Trinajstić information content (AvgIpc) is 3.13. The highest BCUT2D eigenvalue weighted by Gasteiger charge is 2.19. The van der Waals surface area contributed by atoms with Crippen LogP contribution in [0.1, 0.15) is 11.3 Å². The Hall–Kier alpha value is -4.53. The molecule has 0 radical (unpaired) electrons. The van der Waals surface area contributed by atoms with Gasteiger partial charge >= 0.3 is 0 Å². The molecule has 0 aliphatic carbocycles. The molecular weight excluding hydrogens is 421 g/mol. The fourth-order valence-corrected chi connectivity index (χ4v) is 3.52. The van der Waals surface area contributed by atoms with Gasteiger partial charge in [0.25, 0.3) is 0 Å². The third kappa shape index (κ3) is 4.03. The number of ether oxygens (including phenoxy) is 1. The molecule has 5 aromatic rings. The number of anilines is 2. The summed E-state index contributed by atoms with van der Waals surface area (Å²) in [6.07, 6.45) is 0. The number of hydrogen-bond donors (Lipinski definition) is 2. The normalized spacial score (nSPS) is 11.1. The Kier molecular flexibility index (Phi) is 5.06. The van der Waals surface area contributed by atoms with Crippen LogP contribution in [0.4, 0.5) is 16.0 Å². The van der Waals surface area contributed by atoms with Crippen LogP contribution in [-0.4, -0.2) is 24.7 Å². The number of benzene rings is 2. The average molecular weight is 441 g/mol. The molecule has 2 aromatic carbocycles. The Morgan fingerprint density at radius 3 is 2.30 bits per heavy atom. The fraction of sp³-hybridized carbons (Fsp3) is 0.0833. The molecule has 0 amide bonds. The van der Waals surface area contributed by atoms with Gasteiger partial charge < -0.3 is 16.2 Å². The molecule has 0 bridgehead atoms. The first-order valence-corrected chi connectivity index (χ1v) is 10.2. The van der Waals surface area contributed by atoms with Crippen LogP contribution in [0, 0.1) is 12.7 Å². The molecular formula is C24H20FN7O. The minimum absolute atomic E-state index is 0.169. The maximum Gasteiger partial charge on any atom is 0.227 e. The third-order valence-corrected chi connectivity index (χ3v) is 5.10. The first-order valence-electron chi connectivity index (χ1n) is 10.2. The van der Waals surface area contributed by atoms with Gasteiger partial charge in [0.2, 0.25) is 5.88 Å².